The molecule has 1 aromatic heterocycles. The van der Waals surface area contributed by atoms with Crippen LogP contribution < -0.4 is 5.32 Å². The van der Waals surface area contributed by atoms with Crippen LogP contribution >= 0.6 is 11.3 Å². The van der Waals surface area contributed by atoms with Gasteiger partial charge in [0.05, 0.1) is 0 Å². The lowest BCUT2D eigenvalue weighted by Crippen LogP contribution is -2.27. The number of hydrogen-bond donors (Lipinski definition) is 1. The van der Waals surface area contributed by atoms with Gasteiger partial charge in [-0.3, -0.25) is 4.79 Å². The summed E-state index contributed by atoms with van der Waals surface area (Å²) in [7, 11) is 0. The van der Waals surface area contributed by atoms with Gasteiger partial charge in [0, 0.05) is 12.3 Å². The summed E-state index contributed by atoms with van der Waals surface area (Å²) in [5.74, 6) is 1.82. The summed E-state index contributed by atoms with van der Waals surface area (Å²) in [6.07, 6.45) is 9.49. The molecule has 1 amide bonds. The Labute approximate surface area is 124 Å². The Morgan fingerprint density at radius 1 is 1.30 bits per heavy atom. The quantitative estimate of drug-likeness (QED) is 0.815. The standard InChI is InChI=1S/C15H23N3OS/c1-2-3-4-5-13-17-18-15(20-13)16-14(19)12-9-10-6-7-11(12)8-10/h10-12H,2-9H2,1H3,(H,16,18,19). The molecule has 2 fully saturated rings. The maximum atomic E-state index is 12.3. The lowest BCUT2D eigenvalue weighted by Gasteiger charge is -2.19. The zero-order valence-corrected chi connectivity index (χ0v) is 12.9. The predicted molar refractivity (Wildman–Crippen MR) is 80.7 cm³/mol. The Bertz CT molecular complexity index is 473. The van der Waals surface area contributed by atoms with Crippen molar-refractivity contribution in [2.75, 3.05) is 5.32 Å². The zero-order chi connectivity index (χ0) is 13.9. The van der Waals surface area contributed by atoms with Gasteiger partial charge in [-0.15, -0.1) is 10.2 Å². The third-order valence-corrected chi connectivity index (χ3v) is 5.66. The molecule has 2 saturated carbocycles. The fourth-order valence-electron chi connectivity index (χ4n) is 3.70. The molecule has 2 bridgehead atoms. The molecule has 0 aliphatic heterocycles. The molecule has 3 rings (SSSR count). The van der Waals surface area contributed by atoms with Crippen molar-refractivity contribution in [1.82, 2.24) is 10.2 Å². The monoisotopic (exact) mass is 293 g/mol. The number of amides is 1. The fraction of sp³-hybridized carbons (Fsp3) is 0.800. The Kier molecular flexibility index (Phi) is 4.34. The summed E-state index contributed by atoms with van der Waals surface area (Å²) >= 11 is 1.54. The van der Waals surface area contributed by atoms with E-state index >= 15 is 0 Å². The second-order valence-electron chi connectivity index (χ2n) is 6.23. The highest BCUT2D eigenvalue weighted by Gasteiger charge is 2.43. The highest BCUT2D eigenvalue weighted by Crippen LogP contribution is 2.48. The third-order valence-electron chi connectivity index (χ3n) is 4.77. The second kappa shape index (κ2) is 6.20. The molecule has 0 radical (unpaired) electrons. The van der Waals surface area contributed by atoms with Gasteiger partial charge >= 0.3 is 0 Å². The molecule has 4 nitrogen and oxygen atoms in total. The summed E-state index contributed by atoms with van der Waals surface area (Å²) in [5.41, 5.74) is 0. The normalized spacial score (nSPS) is 27.9. The first-order valence-corrected chi connectivity index (χ1v) is 8.71. The van der Waals surface area contributed by atoms with Crippen LogP contribution in [-0.2, 0) is 11.2 Å². The lowest BCUT2D eigenvalue weighted by molar-refractivity contribution is -0.121. The number of carbonyl (C=O) groups is 1. The molecule has 2 aliphatic carbocycles. The van der Waals surface area contributed by atoms with E-state index in [1.54, 1.807) is 0 Å². The average molecular weight is 293 g/mol. The van der Waals surface area contributed by atoms with Gasteiger partial charge in [-0.25, -0.2) is 0 Å². The van der Waals surface area contributed by atoms with Gasteiger partial charge in [0.15, 0.2) is 0 Å². The van der Waals surface area contributed by atoms with E-state index in [1.165, 1.54) is 43.4 Å². The zero-order valence-electron chi connectivity index (χ0n) is 12.1. The van der Waals surface area contributed by atoms with Crippen molar-refractivity contribution in [3.8, 4) is 0 Å². The van der Waals surface area contributed by atoms with Crippen LogP contribution in [0, 0.1) is 17.8 Å². The predicted octanol–water partition coefficient (Wildman–Crippen LogP) is 3.65. The Balaban J connectivity index is 1.51. The van der Waals surface area contributed by atoms with Crippen LogP contribution in [-0.4, -0.2) is 16.1 Å². The lowest BCUT2D eigenvalue weighted by atomic mass is 9.88. The Morgan fingerprint density at radius 2 is 2.20 bits per heavy atom. The van der Waals surface area contributed by atoms with E-state index in [4.69, 9.17) is 0 Å². The van der Waals surface area contributed by atoms with Crippen LogP contribution in [0.2, 0.25) is 0 Å². The first-order chi connectivity index (χ1) is 9.76. The summed E-state index contributed by atoms with van der Waals surface area (Å²) in [6.45, 7) is 2.20. The van der Waals surface area contributed by atoms with Gasteiger partial charge in [-0.1, -0.05) is 37.5 Å². The van der Waals surface area contributed by atoms with Crippen molar-refractivity contribution in [3.63, 3.8) is 0 Å². The SMILES string of the molecule is CCCCCc1nnc(NC(=O)C2CC3CCC2C3)s1. The van der Waals surface area contributed by atoms with Gasteiger partial charge in [0.25, 0.3) is 0 Å². The molecule has 1 aromatic rings. The van der Waals surface area contributed by atoms with E-state index in [2.05, 4.69) is 22.4 Å². The topological polar surface area (TPSA) is 54.9 Å². The number of rotatable bonds is 6. The van der Waals surface area contributed by atoms with E-state index in [0.29, 0.717) is 11.0 Å². The largest absolute Gasteiger partial charge is 0.300 e. The molecule has 0 aromatic carbocycles. The maximum absolute atomic E-state index is 12.3. The highest BCUT2D eigenvalue weighted by molar-refractivity contribution is 7.15. The highest BCUT2D eigenvalue weighted by atomic mass is 32.1. The van der Waals surface area contributed by atoms with Crippen LogP contribution in [0.3, 0.4) is 0 Å². The molecule has 5 heteroatoms. The number of anilines is 1. The molecule has 2 aliphatic rings. The summed E-state index contributed by atoms with van der Waals surface area (Å²) in [4.78, 5) is 12.3. The smallest absolute Gasteiger partial charge is 0.229 e. The van der Waals surface area contributed by atoms with Crippen molar-refractivity contribution in [2.45, 2.75) is 58.3 Å². The number of nitrogens with zero attached hydrogens (tertiary/aromatic N) is 2. The number of carbonyl (C=O) groups excluding carboxylic acids is 1. The number of aromatic nitrogens is 2. The summed E-state index contributed by atoms with van der Waals surface area (Å²) in [5, 5.41) is 13.0. The van der Waals surface area contributed by atoms with Gasteiger partial charge in [0.2, 0.25) is 11.0 Å². The number of fused-ring (bicyclic) bond motifs is 2. The maximum Gasteiger partial charge on any atom is 0.229 e. The molecule has 3 unspecified atom stereocenters. The number of unbranched alkanes of at least 4 members (excludes halogenated alkanes) is 2. The molecule has 1 heterocycles. The van der Waals surface area contributed by atoms with Gasteiger partial charge < -0.3 is 5.32 Å². The van der Waals surface area contributed by atoms with Gasteiger partial charge in [-0.05, 0) is 37.5 Å². The van der Waals surface area contributed by atoms with E-state index < -0.39 is 0 Å². The van der Waals surface area contributed by atoms with Crippen molar-refractivity contribution in [1.29, 1.82) is 0 Å². The Morgan fingerprint density at radius 3 is 2.90 bits per heavy atom. The van der Waals surface area contributed by atoms with Crippen LogP contribution in [0.5, 0.6) is 0 Å². The fourth-order valence-corrected chi connectivity index (χ4v) is 4.48. The van der Waals surface area contributed by atoms with Crippen LogP contribution in [0.15, 0.2) is 0 Å². The van der Waals surface area contributed by atoms with Gasteiger partial charge in [-0.2, -0.15) is 0 Å². The van der Waals surface area contributed by atoms with E-state index in [9.17, 15) is 4.79 Å². The minimum atomic E-state index is 0.174. The minimum absolute atomic E-state index is 0.174. The molecule has 0 saturated heterocycles. The molecule has 20 heavy (non-hydrogen) atoms. The van der Waals surface area contributed by atoms with E-state index in [1.807, 2.05) is 0 Å². The molecule has 110 valence electrons. The molecule has 1 N–H and O–H groups in total. The summed E-state index contributed by atoms with van der Waals surface area (Å²) < 4.78 is 0. The van der Waals surface area contributed by atoms with Crippen LogP contribution in [0.25, 0.3) is 0 Å². The van der Waals surface area contributed by atoms with Crippen molar-refractivity contribution in [3.05, 3.63) is 5.01 Å². The van der Waals surface area contributed by atoms with Crippen molar-refractivity contribution in [2.24, 2.45) is 17.8 Å². The Hall–Kier alpha value is -0.970. The molecular weight excluding hydrogens is 270 g/mol. The van der Waals surface area contributed by atoms with Crippen LogP contribution in [0.4, 0.5) is 5.13 Å². The van der Waals surface area contributed by atoms with Crippen molar-refractivity contribution >= 4 is 22.4 Å². The number of hydrogen-bond acceptors (Lipinski definition) is 4. The summed E-state index contributed by atoms with van der Waals surface area (Å²) in [6, 6.07) is 0. The van der Waals surface area contributed by atoms with E-state index in [0.717, 1.165) is 30.2 Å². The first-order valence-electron chi connectivity index (χ1n) is 7.89. The number of aryl methyl sites for hydroxylation is 1. The minimum Gasteiger partial charge on any atom is -0.300 e. The van der Waals surface area contributed by atoms with Crippen molar-refractivity contribution < 1.29 is 4.79 Å². The molecule has 0 spiro atoms. The van der Waals surface area contributed by atoms with E-state index in [-0.39, 0.29) is 11.8 Å². The van der Waals surface area contributed by atoms with Crippen LogP contribution in [0.1, 0.15) is 56.9 Å². The number of nitrogens with one attached hydrogen (secondary N) is 1. The molecule has 3 atom stereocenters. The average Bonchev–Trinajstić information content (AvgIpc) is 3.15. The third kappa shape index (κ3) is 3.03. The van der Waals surface area contributed by atoms with Gasteiger partial charge in [0.1, 0.15) is 5.01 Å². The first kappa shape index (κ1) is 14.0. The molecular formula is C15H23N3OS. The second-order valence-corrected chi connectivity index (χ2v) is 7.29.